The summed E-state index contributed by atoms with van der Waals surface area (Å²) < 4.78 is 0. The summed E-state index contributed by atoms with van der Waals surface area (Å²) in [6.07, 6.45) is 16.4. The van der Waals surface area contributed by atoms with Crippen molar-refractivity contribution in [2.24, 2.45) is 11.3 Å². The van der Waals surface area contributed by atoms with Crippen LogP contribution in [-0.2, 0) is 17.0 Å². The Hall–Kier alpha value is 0.911. The van der Waals surface area contributed by atoms with Crippen molar-refractivity contribution in [3.8, 4) is 0 Å². The molecule has 0 radical (unpaired) electrons. The Labute approximate surface area is 192 Å². The third kappa shape index (κ3) is 7.87. The Bertz CT molecular complexity index is 527. The third-order valence-corrected chi connectivity index (χ3v) is 8.92. The molecule has 0 N–H and O–H groups in total. The van der Waals surface area contributed by atoms with Gasteiger partial charge in [0.05, 0.1) is 0 Å². The van der Waals surface area contributed by atoms with Crippen molar-refractivity contribution in [2.45, 2.75) is 83.6 Å². The van der Waals surface area contributed by atoms with Gasteiger partial charge in [-0.3, -0.25) is 4.90 Å². The maximum atomic E-state index is 5.25. The summed E-state index contributed by atoms with van der Waals surface area (Å²) >= 11 is -0.556. The van der Waals surface area contributed by atoms with Crippen LogP contribution in [-0.4, -0.2) is 37.8 Å². The SMILES string of the molecule is CC(C)(C)[N-][Si](C)(C)CC1CC(N2CCCC2)C2(C=CC=CC2)C1.[CH3-].[Cl][Ti][Cl]. The van der Waals surface area contributed by atoms with Crippen molar-refractivity contribution in [1.29, 1.82) is 0 Å². The van der Waals surface area contributed by atoms with Gasteiger partial charge in [-0.15, -0.1) is 5.54 Å². The van der Waals surface area contributed by atoms with Gasteiger partial charge in [0.15, 0.2) is 0 Å². The van der Waals surface area contributed by atoms with Crippen molar-refractivity contribution in [2.75, 3.05) is 13.1 Å². The summed E-state index contributed by atoms with van der Waals surface area (Å²) in [5, 5.41) is 0. The van der Waals surface area contributed by atoms with Gasteiger partial charge in [-0.25, -0.2) is 0 Å². The summed E-state index contributed by atoms with van der Waals surface area (Å²) in [6, 6.07) is 2.14. The van der Waals surface area contributed by atoms with E-state index in [0.717, 1.165) is 12.0 Å². The standard InChI is InChI=1S/C21H37N2Si.CH3.2ClH.Ti/c1-20(2,3)22-24(4,5)17-18-15-19(23-13-9-10-14-23)21(16-18)11-7-6-8-12-21;;;;/h6-8,11,18-19H,9-10,12-17H2,1-5H3;1H3;2*1H;/q2*-1;;;+2/p-2. The summed E-state index contributed by atoms with van der Waals surface area (Å²) in [6.45, 7) is 14.4. The first-order valence-electron chi connectivity index (χ1n) is 10.4. The predicted octanol–water partition coefficient (Wildman–Crippen LogP) is 7.57. The molecule has 6 heteroatoms. The molecule has 1 spiro atoms. The topological polar surface area (TPSA) is 17.3 Å². The molecular weight excluding hydrogens is 439 g/mol. The van der Waals surface area contributed by atoms with Crippen LogP contribution in [0.25, 0.3) is 4.98 Å². The van der Waals surface area contributed by atoms with E-state index in [0.29, 0.717) is 5.41 Å². The van der Waals surface area contributed by atoms with Crippen molar-refractivity contribution in [1.82, 2.24) is 4.90 Å². The van der Waals surface area contributed by atoms with E-state index < -0.39 is 25.3 Å². The molecule has 2 nitrogen and oxygen atoms in total. The second-order valence-electron chi connectivity index (χ2n) is 10.2. The zero-order valence-electron chi connectivity index (χ0n) is 18.8. The Morgan fingerprint density at radius 2 is 1.79 bits per heavy atom. The van der Waals surface area contributed by atoms with E-state index in [1.165, 1.54) is 51.2 Å². The van der Waals surface area contributed by atoms with E-state index in [2.05, 4.69) is 63.1 Å². The molecule has 2 aliphatic carbocycles. The molecule has 3 atom stereocenters. The van der Waals surface area contributed by atoms with Crippen LogP contribution in [0, 0.1) is 18.8 Å². The second-order valence-corrected chi connectivity index (χ2v) is 17.0. The number of likely N-dealkylation sites (tertiary alicyclic amines) is 1. The Morgan fingerprint density at radius 3 is 2.29 bits per heavy atom. The molecular formula is C22H40Cl2N2SiTi-2. The number of hydrogen-bond donors (Lipinski definition) is 0. The molecule has 162 valence electrons. The van der Waals surface area contributed by atoms with Crippen LogP contribution in [0.1, 0.15) is 52.9 Å². The molecule has 1 aliphatic heterocycles. The summed E-state index contributed by atoms with van der Waals surface area (Å²) in [7, 11) is 8.29. The first-order chi connectivity index (χ1) is 12.6. The molecule has 1 heterocycles. The monoisotopic (exact) mass is 478 g/mol. The Kier molecular flexibility index (Phi) is 11.1. The van der Waals surface area contributed by atoms with Gasteiger partial charge in [-0.1, -0.05) is 72.4 Å². The van der Waals surface area contributed by atoms with Crippen molar-refractivity contribution in [3.05, 3.63) is 36.7 Å². The van der Waals surface area contributed by atoms with E-state index in [4.69, 9.17) is 23.6 Å². The molecule has 28 heavy (non-hydrogen) atoms. The molecule has 0 aromatic rings. The number of halogens is 2. The molecule has 0 amide bonds. The molecule has 0 aromatic heterocycles. The summed E-state index contributed by atoms with van der Waals surface area (Å²) in [4.78, 5) is 8.07. The summed E-state index contributed by atoms with van der Waals surface area (Å²) in [5.74, 6) is 0.861. The van der Waals surface area contributed by atoms with Crippen molar-refractivity contribution >= 4 is 26.8 Å². The molecule has 0 bridgehead atoms. The van der Waals surface area contributed by atoms with Gasteiger partial charge in [-0.2, -0.15) is 0 Å². The minimum atomic E-state index is -1.49. The zero-order valence-corrected chi connectivity index (χ0v) is 22.8. The zero-order chi connectivity index (χ0) is 20.1. The Morgan fingerprint density at radius 1 is 1.18 bits per heavy atom. The van der Waals surface area contributed by atoms with E-state index >= 15 is 0 Å². The van der Waals surface area contributed by atoms with Crippen LogP contribution in [0.2, 0.25) is 19.1 Å². The molecule has 1 saturated carbocycles. The minimum absolute atomic E-state index is 0. The number of nitrogens with zero attached hydrogens (tertiary/aromatic N) is 2. The molecule has 3 unspecified atom stereocenters. The van der Waals surface area contributed by atoms with Gasteiger partial charge >= 0.3 is 35.6 Å². The van der Waals surface area contributed by atoms with Crippen LogP contribution in [0.3, 0.4) is 0 Å². The van der Waals surface area contributed by atoms with Crippen LogP contribution in [0.5, 0.6) is 0 Å². The molecule has 3 rings (SSSR count). The van der Waals surface area contributed by atoms with Crippen LogP contribution in [0.4, 0.5) is 0 Å². The van der Waals surface area contributed by atoms with Gasteiger partial charge < -0.3 is 12.4 Å². The van der Waals surface area contributed by atoms with Crippen LogP contribution in [0.15, 0.2) is 24.3 Å². The maximum absolute atomic E-state index is 5.25. The van der Waals surface area contributed by atoms with Crippen LogP contribution >= 0.6 is 18.6 Å². The average molecular weight is 479 g/mol. The van der Waals surface area contributed by atoms with Gasteiger partial charge in [0, 0.05) is 11.5 Å². The van der Waals surface area contributed by atoms with Gasteiger partial charge in [0.25, 0.3) is 0 Å². The van der Waals surface area contributed by atoms with Gasteiger partial charge in [0.1, 0.15) is 0 Å². The number of hydrogen-bond acceptors (Lipinski definition) is 1. The van der Waals surface area contributed by atoms with Gasteiger partial charge in [-0.05, 0) is 51.1 Å². The van der Waals surface area contributed by atoms with Gasteiger partial charge in [0.2, 0.25) is 0 Å². The fourth-order valence-electron chi connectivity index (χ4n) is 5.77. The molecule has 1 saturated heterocycles. The number of rotatable bonds is 4. The fourth-order valence-corrected chi connectivity index (χ4v) is 9.40. The van der Waals surface area contributed by atoms with E-state index in [1.54, 1.807) is 0 Å². The normalized spacial score (nSPS) is 30.1. The quantitative estimate of drug-likeness (QED) is 0.300. The third-order valence-electron chi connectivity index (χ3n) is 6.07. The van der Waals surface area contributed by atoms with E-state index in [9.17, 15) is 0 Å². The average Bonchev–Trinajstić information content (AvgIpc) is 3.14. The van der Waals surface area contributed by atoms with Crippen molar-refractivity contribution < 1.29 is 17.0 Å². The van der Waals surface area contributed by atoms with E-state index in [-0.39, 0.29) is 13.0 Å². The second kappa shape index (κ2) is 11.5. The Balaban J connectivity index is 0.000000921. The van der Waals surface area contributed by atoms with Crippen LogP contribution < -0.4 is 0 Å². The van der Waals surface area contributed by atoms with Crippen molar-refractivity contribution in [3.63, 3.8) is 0 Å². The number of allylic oxidation sites excluding steroid dienone is 3. The predicted molar refractivity (Wildman–Crippen MR) is 126 cm³/mol. The van der Waals surface area contributed by atoms with E-state index in [1.807, 2.05) is 0 Å². The molecule has 0 aromatic carbocycles. The molecule has 3 aliphatic rings. The fraction of sp³-hybridized carbons (Fsp3) is 0.773. The molecule has 2 fully saturated rings. The first-order valence-corrected chi connectivity index (χ1v) is 17.8. The summed E-state index contributed by atoms with van der Waals surface area (Å²) in [5.41, 5.74) is 0.532. The first kappa shape index (κ1) is 26.9.